The van der Waals surface area contributed by atoms with Crippen LogP contribution in [0.5, 0.6) is 0 Å². The topological polar surface area (TPSA) is 20.3 Å². The SMILES string of the molecule is CCN(CC)C(=O)c1cc(C)c(F)c(F)c1C. The molecule has 0 N–H and O–H groups in total. The lowest BCUT2D eigenvalue weighted by molar-refractivity contribution is 0.0771. The maximum absolute atomic E-state index is 13.5. The average Bonchev–Trinajstić information content (AvgIpc) is 2.32. The number of carbonyl (C=O) groups excluding carboxylic acids is 1. The molecule has 0 spiro atoms. The largest absolute Gasteiger partial charge is 0.339 e. The number of benzene rings is 1. The van der Waals surface area contributed by atoms with Gasteiger partial charge in [-0.15, -0.1) is 0 Å². The van der Waals surface area contributed by atoms with Crippen LogP contribution in [0.2, 0.25) is 0 Å². The molecular weight excluding hydrogens is 224 g/mol. The third kappa shape index (κ3) is 2.46. The third-order valence-corrected chi connectivity index (χ3v) is 2.91. The van der Waals surface area contributed by atoms with E-state index in [-0.39, 0.29) is 22.6 Å². The molecule has 0 fully saturated rings. The second kappa shape index (κ2) is 5.25. The Kier molecular flexibility index (Phi) is 4.21. The van der Waals surface area contributed by atoms with Crippen LogP contribution in [0.25, 0.3) is 0 Å². The molecule has 4 heteroatoms. The van der Waals surface area contributed by atoms with Crippen molar-refractivity contribution in [1.82, 2.24) is 4.90 Å². The molecule has 1 aromatic rings. The molecule has 0 aliphatic carbocycles. The van der Waals surface area contributed by atoms with Crippen molar-refractivity contribution in [1.29, 1.82) is 0 Å². The molecule has 1 aromatic carbocycles. The number of carbonyl (C=O) groups is 1. The fourth-order valence-corrected chi connectivity index (χ4v) is 1.75. The average molecular weight is 241 g/mol. The van der Waals surface area contributed by atoms with Gasteiger partial charge < -0.3 is 4.90 Å². The Morgan fingerprint density at radius 2 is 1.71 bits per heavy atom. The number of rotatable bonds is 3. The fraction of sp³-hybridized carbons (Fsp3) is 0.462. The summed E-state index contributed by atoms with van der Waals surface area (Å²) in [5, 5.41) is 0. The van der Waals surface area contributed by atoms with Crippen molar-refractivity contribution in [2.45, 2.75) is 27.7 Å². The second-order valence-electron chi connectivity index (χ2n) is 3.97. The first-order valence-electron chi connectivity index (χ1n) is 5.68. The molecule has 0 aliphatic rings. The van der Waals surface area contributed by atoms with Crippen molar-refractivity contribution in [3.8, 4) is 0 Å². The first-order valence-corrected chi connectivity index (χ1v) is 5.68. The van der Waals surface area contributed by atoms with Crippen molar-refractivity contribution < 1.29 is 13.6 Å². The van der Waals surface area contributed by atoms with Gasteiger partial charge in [0.25, 0.3) is 5.91 Å². The molecule has 0 aromatic heterocycles. The predicted molar refractivity (Wildman–Crippen MR) is 63.1 cm³/mol. The standard InChI is InChI=1S/C13H17F2NO/c1-5-16(6-2)13(17)10-7-8(3)11(14)12(15)9(10)4/h7H,5-6H2,1-4H3. The van der Waals surface area contributed by atoms with Crippen LogP contribution in [0.15, 0.2) is 6.07 Å². The molecule has 1 rings (SSSR count). The zero-order valence-electron chi connectivity index (χ0n) is 10.6. The van der Waals surface area contributed by atoms with Crippen LogP contribution in [0.4, 0.5) is 8.78 Å². The van der Waals surface area contributed by atoms with Crippen LogP contribution in [0, 0.1) is 25.5 Å². The summed E-state index contributed by atoms with van der Waals surface area (Å²) in [5.41, 5.74) is 0.471. The van der Waals surface area contributed by atoms with E-state index < -0.39 is 11.6 Å². The van der Waals surface area contributed by atoms with Gasteiger partial charge in [0.15, 0.2) is 11.6 Å². The Labute approximate surface area is 100 Å². The van der Waals surface area contributed by atoms with Gasteiger partial charge in [-0.05, 0) is 39.3 Å². The molecule has 0 heterocycles. The number of nitrogens with zero attached hydrogens (tertiary/aromatic N) is 1. The summed E-state index contributed by atoms with van der Waals surface area (Å²) >= 11 is 0. The highest BCUT2D eigenvalue weighted by Gasteiger charge is 2.20. The highest BCUT2D eigenvalue weighted by molar-refractivity contribution is 5.95. The second-order valence-corrected chi connectivity index (χ2v) is 3.97. The minimum absolute atomic E-state index is 0.0741. The molecule has 0 saturated carbocycles. The summed E-state index contributed by atoms with van der Waals surface area (Å²) in [6, 6.07) is 1.41. The van der Waals surface area contributed by atoms with E-state index in [1.54, 1.807) is 4.90 Å². The van der Waals surface area contributed by atoms with Gasteiger partial charge in [-0.25, -0.2) is 8.78 Å². The van der Waals surface area contributed by atoms with Crippen molar-refractivity contribution in [2.24, 2.45) is 0 Å². The Bertz CT molecular complexity index is 440. The Morgan fingerprint density at radius 1 is 1.18 bits per heavy atom. The third-order valence-electron chi connectivity index (χ3n) is 2.91. The van der Waals surface area contributed by atoms with E-state index in [1.807, 2.05) is 13.8 Å². The number of halogens is 2. The van der Waals surface area contributed by atoms with Gasteiger partial charge in [0.2, 0.25) is 0 Å². The normalized spacial score (nSPS) is 10.5. The van der Waals surface area contributed by atoms with Crippen LogP contribution in [0.3, 0.4) is 0 Å². The maximum Gasteiger partial charge on any atom is 0.254 e. The first-order chi connectivity index (χ1) is 7.93. The lowest BCUT2D eigenvalue weighted by atomic mass is 10.0. The lowest BCUT2D eigenvalue weighted by Gasteiger charge is -2.20. The zero-order valence-corrected chi connectivity index (χ0v) is 10.6. The molecule has 0 saturated heterocycles. The highest BCUT2D eigenvalue weighted by atomic mass is 19.2. The van der Waals surface area contributed by atoms with Crippen LogP contribution >= 0.6 is 0 Å². The molecule has 17 heavy (non-hydrogen) atoms. The van der Waals surface area contributed by atoms with E-state index in [4.69, 9.17) is 0 Å². The van der Waals surface area contributed by atoms with Gasteiger partial charge in [-0.1, -0.05) is 0 Å². The number of hydrogen-bond donors (Lipinski definition) is 0. The summed E-state index contributed by atoms with van der Waals surface area (Å²) < 4.78 is 26.8. The van der Waals surface area contributed by atoms with E-state index in [1.165, 1.54) is 19.9 Å². The molecule has 0 atom stereocenters. The summed E-state index contributed by atoms with van der Waals surface area (Å²) in [5.74, 6) is -2.06. The van der Waals surface area contributed by atoms with Gasteiger partial charge in [0.05, 0.1) is 0 Å². The van der Waals surface area contributed by atoms with Gasteiger partial charge in [-0.3, -0.25) is 4.79 Å². The first kappa shape index (κ1) is 13.6. The van der Waals surface area contributed by atoms with Gasteiger partial charge in [0.1, 0.15) is 0 Å². The highest BCUT2D eigenvalue weighted by Crippen LogP contribution is 2.21. The monoisotopic (exact) mass is 241 g/mol. The fourth-order valence-electron chi connectivity index (χ4n) is 1.75. The number of aryl methyl sites for hydroxylation is 1. The van der Waals surface area contributed by atoms with Crippen molar-refractivity contribution in [2.75, 3.05) is 13.1 Å². The summed E-state index contributed by atoms with van der Waals surface area (Å²) in [6.07, 6.45) is 0. The molecule has 0 radical (unpaired) electrons. The smallest absolute Gasteiger partial charge is 0.254 e. The molecule has 0 bridgehead atoms. The van der Waals surface area contributed by atoms with Crippen LogP contribution < -0.4 is 0 Å². The van der Waals surface area contributed by atoms with E-state index in [0.717, 1.165) is 0 Å². The maximum atomic E-state index is 13.5. The summed E-state index contributed by atoms with van der Waals surface area (Å²) in [6.45, 7) is 7.68. The molecule has 2 nitrogen and oxygen atoms in total. The zero-order chi connectivity index (χ0) is 13.2. The minimum atomic E-state index is -0.930. The van der Waals surface area contributed by atoms with Crippen LogP contribution in [-0.4, -0.2) is 23.9 Å². The van der Waals surface area contributed by atoms with Crippen LogP contribution in [-0.2, 0) is 0 Å². The molecule has 94 valence electrons. The number of amides is 1. The van der Waals surface area contributed by atoms with E-state index in [2.05, 4.69) is 0 Å². The van der Waals surface area contributed by atoms with Gasteiger partial charge in [-0.2, -0.15) is 0 Å². The van der Waals surface area contributed by atoms with E-state index in [9.17, 15) is 13.6 Å². The summed E-state index contributed by atoms with van der Waals surface area (Å²) in [4.78, 5) is 13.7. The molecule has 0 aliphatic heterocycles. The van der Waals surface area contributed by atoms with Gasteiger partial charge >= 0.3 is 0 Å². The lowest BCUT2D eigenvalue weighted by Crippen LogP contribution is -2.31. The molecular formula is C13H17F2NO. The van der Waals surface area contributed by atoms with E-state index >= 15 is 0 Å². The van der Waals surface area contributed by atoms with Gasteiger partial charge in [0, 0.05) is 24.2 Å². The number of hydrogen-bond acceptors (Lipinski definition) is 1. The quantitative estimate of drug-likeness (QED) is 0.796. The van der Waals surface area contributed by atoms with Crippen molar-refractivity contribution in [3.05, 3.63) is 34.4 Å². The Hall–Kier alpha value is -1.45. The van der Waals surface area contributed by atoms with Crippen LogP contribution in [0.1, 0.15) is 35.3 Å². The van der Waals surface area contributed by atoms with Crippen molar-refractivity contribution >= 4 is 5.91 Å². The minimum Gasteiger partial charge on any atom is -0.339 e. The van der Waals surface area contributed by atoms with E-state index in [0.29, 0.717) is 13.1 Å². The predicted octanol–water partition coefficient (Wildman–Crippen LogP) is 3.06. The Morgan fingerprint density at radius 3 is 2.18 bits per heavy atom. The van der Waals surface area contributed by atoms with Crippen molar-refractivity contribution in [3.63, 3.8) is 0 Å². The Balaban J connectivity index is 3.28. The summed E-state index contributed by atoms with van der Waals surface area (Å²) in [7, 11) is 0. The molecule has 0 unspecified atom stereocenters. The molecule has 1 amide bonds.